The van der Waals surface area contributed by atoms with E-state index < -0.39 is 0 Å². The predicted octanol–water partition coefficient (Wildman–Crippen LogP) is 2.77. The SMILES string of the molecule is C=C1CCC=C(C)/C1=C(/C=C\C)C(=O)N(C)C=O. The van der Waals surface area contributed by atoms with E-state index in [-0.39, 0.29) is 5.91 Å². The summed E-state index contributed by atoms with van der Waals surface area (Å²) in [4.78, 5) is 23.9. The highest BCUT2D eigenvalue weighted by atomic mass is 16.2. The number of hydrogen-bond acceptors (Lipinski definition) is 2. The van der Waals surface area contributed by atoms with Crippen LogP contribution in [0.25, 0.3) is 0 Å². The zero-order valence-electron chi connectivity index (χ0n) is 11.2. The largest absolute Gasteiger partial charge is 0.284 e. The number of likely N-dealkylation sites (N-methyl/N-ethyl adjacent to an activating group) is 1. The van der Waals surface area contributed by atoms with Crippen molar-refractivity contribution in [3.8, 4) is 0 Å². The first-order valence-electron chi connectivity index (χ1n) is 5.97. The third-order valence-corrected chi connectivity index (χ3v) is 2.96. The quantitative estimate of drug-likeness (QED) is 0.566. The number of hydrogen-bond donors (Lipinski definition) is 0. The van der Waals surface area contributed by atoms with E-state index in [2.05, 4.69) is 12.7 Å². The highest BCUT2D eigenvalue weighted by Crippen LogP contribution is 2.31. The van der Waals surface area contributed by atoms with Gasteiger partial charge in [-0.1, -0.05) is 24.8 Å². The summed E-state index contributed by atoms with van der Waals surface area (Å²) in [5.74, 6) is -0.297. The van der Waals surface area contributed by atoms with Crippen molar-refractivity contribution in [1.82, 2.24) is 4.90 Å². The molecular formula is C15H19NO2. The second-order valence-corrected chi connectivity index (χ2v) is 4.34. The average Bonchev–Trinajstić information content (AvgIpc) is 2.35. The first kappa shape index (κ1) is 14.2. The minimum Gasteiger partial charge on any atom is -0.284 e. The fourth-order valence-electron chi connectivity index (χ4n) is 2.04. The first-order chi connectivity index (χ1) is 8.52. The van der Waals surface area contributed by atoms with E-state index in [0.717, 1.165) is 34.5 Å². The van der Waals surface area contributed by atoms with Crippen LogP contribution < -0.4 is 0 Å². The summed E-state index contributed by atoms with van der Waals surface area (Å²) in [6.07, 6.45) is 7.97. The minimum atomic E-state index is -0.297. The predicted molar refractivity (Wildman–Crippen MR) is 72.8 cm³/mol. The Morgan fingerprint density at radius 3 is 2.67 bits per heavy atom. The zero-order valence-corrected chi connectivity index (χ0v) is 11.2. The first-order valence-corrected chi connectivity index (χ1v) is 5.97. The number of imide groups is 1. The standard InChI is InChI=1S/C15H19NO2/c1-5-7-13(15(18)16(4)10-17)14-11(2)8-6-9-12(14)3/h5,7,9-10H,2,6,8H2,1,3-4H3/b7-5-,14-13-. The third kappa shape index (κ3) is 2.86. The van der Waals surface area contributed by atoms with Gasteiger partial charge in [-0.3, -0.25) is 14.5 Å². The molecule has 0 saturated heterocycles. The molecule has 3 nitrogen and oxygen atoms in total. The van der Waals surface area contributed by atoms with Crippen LogP contribution in [0.1, 0.15) is 26.7 Å². The van der Waals surface area contributed by atoms with Gasteiger partial charge in [0, 0.05) is 12.6 Å². The van der Waals surface area contributed by atoms with Crippen molar-refractivity contribution < 1.29 is 9.59 Å². The molecular weight excluding hydrogens is 226 g/mol. The summed E-state index contributed by atoms with van der Waals surface area (Å²) >= 11 is 0. The molecule has 3 heteroatoms. The Balaban J connectivity index is 3.37. The van der Waals surface area contributed by atoms with Gasteiger partial charge < -0.3 is 0 Å². The van der Waals surface area contributed by atoms with Crippen LogP contribution in [0.3, 0.4) is 0 Å². The van der Waals surface area contributed by atoms with E-state index in [9.17, 15) is 9.59 Å². The van der Waals surface area contributed by atoms with Crippen LogP contribution in [0.15, 0.2) is 47.1 Å². The Morgan fingerprint density at radius 2 is 2.17 bits per heavy atom. The van der Waals surface area contributed by atoms with Crippen LogP contribution in [0.4, 0.5) is 0 Å². The molecule has 0 N–H and O–H groups in total. The topological polar surface area (TPSA) is 37.4 Å². The highest BCUT2D eigenvalue weighted by molar-refractivity contribution is 6.03. The van der Waals surface area contributed by atoms with E-state index in [1.165, 1.54) is 7.05 Å². The third-order valence-electron chi connectivity index (χ3n) is 2.96. The highest BCUT2D eigenvalue weighted by Gasteiger charge is 2.21. The molecule has 0 aromatic rings. The average molecular weight is 245 g/mol. The fourth-order valence-corrected chi connectivity index (χ4v) is 2.04. The maximum atomic E-state index is 12.2. The van der Waals surface area contributed by atoms with E-state index in [4.69, 9.17) is 0 Å². The van der Waals surface area contributed by atoms with Gasteiger partial charge in [0.2, 0.25) is 6.41 Å². The molecule has 0 aromatic carbocycles. The number of carbonyl (C=O) groups excluding carboxylic acids is 2. The molecule has 18 heavy (non-hydrogen) atoms. The maximum absolute atomic E-state index is 12.2. The molecule has 1 rings (SSSR count). The second kappa shape index (κ2) is 6.15. The molecule has 0 fully saturated rings. The van der Waals surface area contributed by atoms with Crippen LogP contribution in [-0.4, -0.2) is 24.3 Å². The number of carbonyl (C=O) groups is 2. The molecule has 0 bridgehead atoms. The number of allylic oxidation sites excluding steroid dienone is 5. The Hall–Kier alpha value is -1.90. The minimum absolute atomic E-state index is 0.297. The summed E-state index contributed by atoms with van der Waals surface area (Å²) < 4.78 is 0. The van der Waals surface area contributed by atoms with E-state index in [0.29, 0.717) is 12.0 Å². The van der Waals surface area contributed by atoms with Crippen molar-refractivity contribution in [1.29, 1.82) is 0 Å². The van der Waals surface area contributed by atoms with E-state index in [1.54, 1.807) is 12.2 Å². The van der Waals surface area contributed by atoms with Crippen molar-refractivity contribution in [3.63, 3.8) is 0 Å². The lowest BCUT2D eigenvalue weighted by atomic mass is 9.86. The van der Waals surface area contributed by atoms with Gasteiger partial charge in [-0.25, -0.2) is 0 Å². The van der Waals surface area contributed by atoms with Gasteiger partial charge >= 0.3 is 0 Å². The molecule has 1 aliphatic rings. The van der Waals surface area contributed by atoms with Crippen LogP contribution in [0.2, 0.25) is 0 Å². The molecule has 1 aliphatic carbocycles. The lowest BCUT2D eigenvalue weighted by Crippen LogP contribution is -2.27. The molecule has 0 heterocycles. The summed E-state index contributed by atoms with van der Waals surface area (Å²) in [5.41, 5.74) is 3.41. The van der Waals surface area contributed by atoms with Gasteiger partial charge in [-0.15, -0.1) is 0 Å². The second-order valence-electron chi connectivity index (χ2n) is 4.34. The Kier molecular flexibility index (Phi) is 4.84. The van der Waals surface area contributed by atoms with Crippen molar-refractivity contribution in [2.75, 3.05) is 7.05 Å². The molecule has 2 amide bonds. The monoisotopic (exact) mass is 245 g/mol. The molecule has 0 radical (unpaired) electrons. The molecule has 0 atom stereocenters. The summed E-state index contributed by atoms with van der Waals surface area (Å²) in [6, 6.07) is 0. The molecule has 0 spiro atoms. The van der Waals surface area contributed by atoms with Crippen LogP contribution in [0.5, 0.6) is 0 Å². The van der Waals surface area contributed by atoms with Crippen LogP contribution >= 0.6 is 0 Å². The molecule has 0 aliphatic heterocycles. The van der Waals surface area contributed by atoms with Crippen molar-refractivity contribution in [2.45, 2.75) is 26.7 Å². The van der Waals surface area contributed by atoms with Gasteiger partial charge in [0.05, 0.1) is 0 Å². The molecule has 0 unspecified atom stereocenters. The molecule has 96 valence electrons. The zero-order chi connectivity index (χ0) is 13.7. The number of nitrogens with zero attached hydrogens (tertiary/aromatic N) is 1. The van der Waals surface area contributed by atoms with Gasteiger partial charge in [0.15, 0.2) is 0 Å². The lowest BCUT2D eigenvalue weighted by molar-refractivity contribution is -0.133. The number of rotatable bonds is 3. The summed E-state index contributed by atoms with van der Waals surface area (Å²) in [6.45, 7) is 7.84. The maximum Gasteiger partial charge on any atom is 0.260 e. The Labute approximate surface area is 108 Å². The normalized spacial score (nSPS) is 18.6. The molecule has 0 saturated carbocycles. The Bertz CT molecular complexity index is 467. The molecule has 0 aromatic heterocycles. The van der Waals surface area contributed by atoms with Crippen molar-refractivity contribution >= 4 is 12.3 Å². The van der Waals surface area contributed by atoms with Crippen molar-refractivity contribution in [2.24, 2.45) is 0 Å². The van der Waals surface area contributed by atoms with Crippen LogP contribution in [0, 0.1) is 0 Å². The number of amides is 2. The Morgan fingerprint density at radius 1 is 1.50 bits per heavy atom. The smallest absolute Gasteiger partial charge is 0.260 e. The van der Waals surface area contributed by atoms with Gasteiger partial charge in [0.1, 0.15) is 0 Å². The summed E-state index contributed by atoms with van der Waals surface area (Å²) in [7, 11) is 1.46. The van der Waals surface area contributed by atoms with E-state index in [1.807, 2.05) is 13.8 Å². The van der Waals surface area contributed by atoms with Crippen LogP contribution in [-0.2, 0) is 9.59 Å². The summed E-state index contributed by atoms with van der Waals surface area (Å²) in [5, 5.41) is 0. The van der Waals surface area contributed by atoms with Gasteiger partial charge in [0.25, 0.3) is 5.91 Å². The van der Waals surface area contributed by atoms with Gasteiger partial charge in [-0.05, 0) is 43.4 Å². The van der Waals surface area contributed by atoms with E-state index >= 15 is 0 Å². The lowest BCUT2D eigenvalue weighted by Gasteiger charge is -2.21. The van der Waals surface area contributed by atoms with Crippen molar-refractivity contribution in [3.05, 3.63) is 47.1 Å². The fraction of sp³-hybridized carbons (Fsp3) is 0.333. The van der Waals surface area contributed by atoms with Gasteiger partial charge in [-0.2, -0.15) is 0 Å².